The zero-order valence-corrected chi connectivity index (χ0v) is 10.3. The van der Waals surface area contributed by atoms with Crippen molar-refractivity contribution in [2.75, 3.05) is 19.6 Å². The first-order chi connectivity index (χ1) is 7.72. The van der Waals surface area contributed by atoms with E-state index < -0.39 is 0 Å². The molecule has 1 heterocycles. The van der Waals surface area contributed by atoms with E-state index >= 15 is 0 Å². The van der Waals surface area contributed by atoms with E-state index in [9.17, 15) is 0 Å². The molecule has 0 spiro atoms. The summed E-state index contributed by atoms with van der Waals surface area (Å²) in [4.78, 5) is 10.9. The van der Waals surface area contributed by atoms with Gasteiger partial charge in [0.2, 0.25) is 0 Å². The van der Waals surface area contributed by atoms with Crippen molar-refractivity contribution in [1.29, 1.82) is 0 Å². The van der Waals surface area contributed by atoms with Crippen LogP contribution >= 0.6 is 0 Å². The minimum atomic E-state index is 0.654. The van der Waals surface area contributed by atoms with Gasteiger partial charge in [0, 0.05) is 18.9 Å². The molecule has 1 aromatic heterocycles. The van der Waals surface area contributed by atoms with Gasteiger partial charge in [0.15, 0.2) is 0 Å². The third-order valence-electron chi connectivity index (χ3n) is 2.29. The molecule has 0 bridgehead atoms. The molecule has 0 amide bonds. The first kappa shape index (κ1) is 13.1. The lowest BCUT2D eigenvalue weighted by Crippen LogP contribution is -2.30. The fraction of sp³-hybridized carbons (Fsp3) is 0.667. The summed E-state index contributed by atoms with van der Waals surface area (Å²) in [5.74, 6) is 1.54. The molecule has 4 nitrogen and oxygen atoms in total. The quantitative estimate of drug-likeness (QED) is 0.755. The van der Waals surface area contributed by atoms with E-state index in [0.29, 0.717) is 5.92 Å². The van der Waals surface area contributed by atoms with Gasteiger partial charge in [-0.3, -0.25) is 4.90 Å². The maximum Gasteiger partial charge on any atom is 0.142 e. The van der Waals surface area contributed by atoms with Gasteiger partial charge in [0.1, 0.15) is 5.82 Å². The Labute approximate surface area is 97.9 Å². The molecule has 0 saturated carbocycles. The summed E-state index contributed by atoms with van der Waals surface area (Å²) < 4.78 is 0. The van der Waals surface area contributed by atoms with Gasteiger partial charge in [-0.05, 0) is 31.5 Å². The highest BCUT2D eigenvalue weighted by atomic mass is 15.1. The van der Waals surface area contributed by atoms with Crippen molar-refractivity contribution >= 4 is 0 Å². The SMILES string of the molecule is CC(C)CN(CCCN)Cc1ncccn1. The molecular weight excluding hydrogens is 200 g/mol. The Morgan fingerprint density at radius 1 is 1.31 bits per heavy atom. The van der Waals surface area contributed by atoms with Gasteiger partial charge in [-0.25, -0.2) is 9.97 Å². The van der Waals surface area contributed by atoms with Crippen molar-refractivity contribution in [3.63, 3.8) is 0 Å². The summed E-state index contributed by atoms with van der Waals surface area (Å²) in [5, 5.41) is 0. The van der Waals surface area contributed by atoms with Crippen molar-refractivity contribution in [1.82, 2.24) is 14.9 Å². The van der Waals surface area contributed by atoms with Crippen LogP contribution in [0.2, 0.25) is 0 Å². The minimum absolute atomic E-state index is 0.654. The summed E-state index contributed by atoms with van der Waals surface area (Å²) >= 11 is 0. The van der Waals surface area contributed by atoms with Crippen molar-refractivity contribution in [3.05, 3.63) is 24.3 Å². The molecule has 0 aliphatic rings. The third-order valence-corrected chi connectivity index (χ3v) is 2.29. The fourth-order valence-electron chi connectivity index (χ4n) is 1.68. The molecule has 0 atom stereocenters. The molecule has 0 aliphatic carbocycles. The Morgan fingerprint density at radius 2 is 2.00 bits per heavy atom. The molecule has 0 fully saturated rings. The number of aromatic nitrogens is 2. The van der Waals surface area contributed by atoms with Gasteiger partial charge < -0.3 is 5.73 Å². The van der Waals surface area contributed by atoms with Crippen LogP contribution in [0.5, 0.6) is 0 Å². The van der Waals surface area contributed by atoms with Gasteiger partial charge in [-0.2, -0.15) is 0 Å². The van der Waals surface area contributed by atoms with Crippen LogP contribution in [0, 0.1) is 5.92 Å². The van der Waals surface area contributed by atoms with Crippen LogP contribution in [0.25, 0.3) is 0 Å². The second-order valence-corrected chi connectivity index (χ2v) is 4.44. The first-order valence-corrected chi connectivity index (χ1v) is 5.90. The van der Waals surface area contributed by atoms with Gasteiger partial charge in [0.05, 0.1) is 6.54 Å². The molecule has 1 rings (SSSR count). The Morgan fingerprint density at radius 3 is 2.56 bits per heavy atom. The number of hydrogen-bond acceptors (Lipinski definition) is 4. The van der Waals surface area contributed by atoms with E-state index in [0.717, 1.165) is 38.4 Å². The van der Waals surface area contributed by atoms with E-state index in [-0.39, 0.29) is 0 Å². The largest absolute Gasteiger partial charge is 0.330 e. The highest BCUT2D eigenvalue weighted by Gasteiger charge is 2.08. The van der Waals surface area contributed by atoms with Crippen molar-refractivity contribution < 1.29 is 0 Å². The van der Waals surface area contributed by atoms with Crippen LogP contribution in [0.15, 0.2) is 18.5 Å². The maximum absolute atomic E-state index is 5.54. The highest BCUT2D eigenvalue weighted by Crippen LogP contribution is 2.04. The van der Waals surface area contributed by atoms with Crippen LogP contribution in [0.3, 0.4) is 0 Å². The van der Waals surface area contributed by atoms with Crippen LogP contribution in [-0.4, -0.2) is 34.5 Å². The predicted molar refractivity (Wildman–Crippen MR) is 65.8 cm³/mol. The van der Waals surface area contributed by atoms with Gasteiger partial charge in [-0.1, -0.05) is 13.8 Å². The summed E-state index contributed by atoms with van der Waals surface area (Å²) in [6.07, 6.45) is 4.61. The topological polar surface area (TPSA) is 55.0 Å². The van der Waals surface area contributed by atoms with Crippen LogP contribution in [0.1, 0.15) is 26.1 Å². The molecule has 16 heavy (non-hydrogen) atoms. The lowest BCUT2D eigenvalue weighted by molar-refractivity contribution is 0.229. The molecule has 0 radical (unpaired) electrons. The molecule has 0 saturated heterocycles. The zero-order chi connectivity index (χ0) is 11.8. The summed E-state index contributed by atoms with van der Waals surface area (Å²) in [6, 6.07) is 1.84. The third kappa shape index (κ3) is 5.19. The van der Waals surface area contributed by atoms with E-state index in [1.807, 2.05) is 6.07 Å². The molecule has 4 heteroatoms. The first-order valence-electron chi connectivity index (χ1n) is 5.90. The standard InChI is InChI=1S/C12H22N4/c1-11(2)9-16(8-3-5-13)10-12-14-6-4-7-15-12/h4,6-7,11H,3,5,8-10,13H2,1-2H3. The molecule has 0 aliphatic heterocycles. The fourth-order valence-corrected chi connectivity index (χ4v) is 1.68. The minimum Gasteiger partial charge on any atom is -0.330 e. The Kier molecular flexibility index (Phi) is 5.96. The number of hydrogen-bond donors (Lipinski definition) is 1. The van der Waals surface area contributed by atoms with Gasteiger partial charge >= 0.3 is 0 Å². The molecule has 2 N–H and O–H groups in total. The normalized spacial score (nSPS) is 11.3. The van der Waals surface area contributed by atoms with Crippen molar-refractivity contribution in [3.8, 4) is 0 Å². The number of rotatable bonds is 7. The predicted octanol–water partition coefficient (Wildman–Crippen LogP) is 1.28. The van der Waals surface area contributed by atoms with Crippen LogP contribution in [0.4, 0.5) is 0 Å². The Hall–Kier alpha value is -1.00. The van der Waals surface area contributed by atoms with E-state index in [2.05, 4.69) is 28.7 Å². The summed E-state index contributed by atoms with van der Waals surface area (Å²) in [7, 11) is 0. The smallest absolute Gasteiger partial charge is 0.142 e. The van der Waals surface area contributed by atoms with E-state index in [4.69, 9.17) is 5.73 Å². The molecule has 0 aromatic carbocycles. The number of nitrogens with zero attached hydrogens (tertiary/aromatic N) is 3. The Balaban J connectivity index is 2.49. The highest BCUT2D eigenvalue weighted by molar-refractivity contribution is 4.88. The number of nitrogens with two attached hydrogens (primary N) is 1. The average Bonchev–Trinajstić information content (AvgIpc) is 2.26. The van der Waals surface area contributed by atoms with Crippen LogP contribution in [-0.2, 0) is 6.54 Å². The van der Waals surface area contributed by atoms with E-state index in [1.165, 1.54) is 0 Å². The van der Waals surface area contributed by atoms with Gasteiger partial charge in [-0.15, -0.1) is 0 Å². The Bertz CT molecular complexity index is 274. The second kappa shape index (κ2) is 7.30. The van der Waals surface area contributed by atoms with E-state index in [1.54, 1.807) is 12.4 Å². The molecular formula is C12H22N4. The van der Waals surface area contributed by atoms with Gasteiger partial charge in [0.25, 0.3) is 0 Å². The molecule has 90 valence electrons. The van der Waals surface area contributed by atoms with Crippen LogP contribution < -0.4 is 5.73 Å². The second-order valence-electron chi connectivity index (χ2n) is 4.44. The maximum atomic E-state index is 5.54. The average molecular weight is 222 g/mol. The lowest BCUT2D eigenvalue weighted by Gasteiger charge is -2.23. The summed E-state index contributed by atoms with van der Waals surface area (Å²) in [5.41, 5.74) is 5.54. The lowest BCUT2D eigenvalue weighted by atomic mass is 10.2. The van der Waals surface area contributed by atoms with Crippen molar-refractivity contribution in [2.45, 2.75) is 26.8 Å². The molecule has 1 aromatic rings. The monoisotopic (exact) mass is 222 g/mol. The zero-order valence-electron chi connectivity index (χ0n) is 10.3. The molecule has 0 unspecified atom stereocenters. The van der Waals surface area contributed by atoms with Crippen molar-refractivity contribution in [2.24, 2.45) is 11.7 Å². The summed E-state index contributed by atoms with van der Waals surface area (Å²) in [6.45, 7) is 8.09.